The van der Waals surface area contributed by atoms with Crippen LogP contribution in [0.4, 0.5) is 0 Å². The fraction of sp³-hybridized carbons (Fsp3) is 0.333. The number of benzene rings is 1. The standard InChI is InChI=1S/C15H18N2OS2/c1-20-10-6-5-9-17-14(18)13(16-15(17)19)11-12-7-3-2-4-8-12/h2-4,6-8,10,13H,5,9,11H2,1H3,(H,16,19)/b10-6+. The second-order valence-corrected chi connectivity index (χ2v) is 5.71. The Bertz CT molecular complexity index is 502. The Balaban J connectivity index is 1.93. The molecule has 3 nitrogen and oxygen atoms in total. The van der Waals surface area contributed by atoms with Gasteiger partial charge < -0.3 is 5.32 Å². The molecule has 1 N–H and O–H groups in total. The Kier molecular flexibility index (Phi) is 5.61. The first-order valence-corrected chi connectivity index (χ1v) is 8.25. The molecule has 5 heteroatoms. The van der Waals surface area contributed by atoms with Crippen molar-refractivity contribution in [3.63, 3.8) is 0 Å². The van der Waals surface area contributed by atoms with Gasteiger partial charge in [-0.15, -0.1) is 11.8 Å². The largest absolute Gasteiger partial charge is 0.350 e. The van der Waals surface area contributed by atoms with Gasteiger partial charge in [0.1, 0.15) is 6.04 Å². The fourth-order valence-corrected chi connectivity index (χ4v) is 2.80. The van der Waals surface area contributed by atoms with Crippen LogP contribution in [0.3, 0.4) is 0 Å². The third-order valence-electron chi connectivity index (χ3n) is 3.14. The van der Waals surface area contributed by atoms with Crippen LogP contribution in [-0.2, 0) is 11.2 Å². The van der Waals surface area contributed by atoms with Gasteiger partial charge in [0.05, 0.1) is 0 Å². The van der Waals surface area contributed by atoms with Gasteiger partial charge in [-0.3, -0.25) is 9.69 Å². The van der Waals surface area contributed by atoms with Crippen LogP contribution >= 0.6 is 24.0 Å². The number of thiocarbonyl (C=S) groups is 1. The lowest BCUT2D eigenvalue weighted by Gasteiger charge is -2.13. The van der Waals surface area contributed by atoms with Crippen LogP contribution in [0.15, 0.2) is 41.8 Å². The van der Waals surface area contributed by atoms with E-state index in [-0.39, 0.29) is 11.9 Å². The summed E-state index contributed by atoms with van der Waals surface area (Å²) < 4.78 is 0. The average molecular weight is 306 g/mol. The predicted molar refractivity (Wildman–Crippen MR) is 88.7 cm³/mol. The summed E-state index contributed by atoms with van der Waals surface area (Å²) in [7, 11) is 0. The Morgan fingerprint density at radius 1 is 1.40 bits per heavy atom. The number of nitrogens with one attached hydrogen (secondary N) is 1. The van der Waals surface area contributed by atoms with E-state index in [1.54, 1.807) is 16.7 Å². The van der Waals surface area contributed by atoms with E-state index < -0.39 is 0 Å². The van der Waals surface area contributed by atoms with Crippen LogP contribution < -0.4 is 5.32 Å². The van der Waals surface area contributed by atoms with Crippen LogP contribution in [0.5, 0.6) is 0 Å². The van der Waals surface area contributed by atoms with Crippen molar-refractivity contribution in [1.82, 2.24) is 10.2 Å². The normalized spacial score (nSPS) is 18.9. The molecule has 20 heavy (non-hydrogen) atoms. The number of hydrogen-bond donors (Lipinski definition) is 1. The molecule has 1 aliphatic rings. The number of amides is 1. The number of carbonyl (C=O) groups excluding carboxylic acids is 1. The van der Waals surface area contributed by atoms with E-state index in [0.29, 0.717) is 18.1 Å². The summed E-state index contributed by atoms with van der Waals surface area (Å²) >= 11 is 6.91. The van der Waals surface area contributed by atoms with E-state index in [0.717, 1.165) is 12.0 Å². The van der Waals surface area contributed by atoms with E-state index in [4.69, 9.17) is 12.2 Å². The summed E-state index contributed by atoms with van der Waals surface area (Å²) in [6.45, 7) is 0.646. The quantitative estimate of drug-likeness (QED) is 0.819. The summed E-state index contributed by atoms with van der Waals surface area (Å²) in [6.07, 6.45) is 5.58. The lowest BCUT2D eigenvalue weighted by molar-refractivity contribution is -0.127. The molecule has 1 fully saturated rings. The fourth-order valence-electron chi connectivity index (χ4n) is 2.14. The zero-order valence-electron chi connectivity index (χ0n) is 11.4. The van der Waals surface area contributed by atoms with Crippen molar-refractivity contribution >= 4 is 35.0 Å². The summed E-state index contributed by atoms with van der Waals surface area (Å²) in [5, 5.41) is 5.70. The van der Waals surface area contributed by atoms with Gasteiger partial charge in [0.2, 0.25) is 0 Å². The SMILES string of the molecule is CS/C=C/CCN1C(=O)C(Cc2ccccc2)NC1=S. The molecule has 106 valence electrons. The number of carbonyl (C=O) groups is 1. The topological polar surface area (TPSA) is 32.3 Å². The molecule has 0 bridgehead atoms. The van der Waals surface area contributed by atoms with Gasteiger partial charge in [-0.25, -0.2) is 0 Å². The maximum atomic E-state index is 12.3. The Labute approximate surface area is 129 Å². The summed E-state index contributed by atoms with van der Waals surface area (Å²) in [4.78, 5) is 14.0. The van der Waals surface area contributed by atoms with Crippen molar-refractivity contribution < 1.29 is 4.79 Å². The lowest BCUT2D eigenvalue weighted by atomic mass is 10.1. The van der Waals surface area contributed by atoms with E-state index in [1.807, 2.05) is 42.0 Å². The zero-order chi connectivity index (χ0) is 14.4. The molecule has 0 aromatic heterocycles. The van der Waals surface area contributed by atoms with Crippen LogP contribution in [0.25, 0.3) is 0 Å². The van der Waals surface area contributed by atoms with Gasteiger partial charge >= 0.3 is 0 Å². The highest BCUT2D eigenvalue weighted by molar-refractivity contribution is 8.01. The Hall–Kier alpha value is -1.33. The van der Waals surface area contributed by atoms with Crippen LogP contribution in [0.2, 0.25) is 0 Å². The monoisotopic (exact) mass is 306 g/mol. The first-order chi connectivity index (χ1) is 9.72. The van der Waals surface area contributed by atoms with Gasteiger partial charge in [0, 0.05) is 13.0 Å². The molecular weight excluding hydrogens is 288 g/mol. The molecule has 1 aromatic carbocycles. The highest BCUT2D eigenvalue weighted by Gasteiger charge is 2.34. The van der Waals surface area contributed by atoms with Gasteiger partial charge in [-0.1, -0.05) is 36.4 Å². The van der Waals surface area contributed by atoms with E-state index in [2.05, 4.69) is 11.4 Å². The summed E-state index contributed by atoms with van der Waals surface area (Å²) in [6, 6.07) is 9.77. The second-order valence-electron chi connectivity index (χ2n) is 4.58. The minimum Gasteiger partial charge on any atom is -0.350 e. The third-order valence-corrected chi connectivity index (χ3v) is 3.94. The van der Waals surface area contributed by atoms with Crippen molar-refractivity contribution in [2.24, 2.45) is 0 Å². The number of rotatable bonds is 6. The molecule has 1 unspecified atom stereocenters. The van der Waals surface area contributed by atoms with Crippen LogP contribution in [0.1, 0.15) is 12.0 Å². The third kappa shape index (κ3) is 3.84. The predicted octanol–water partition coefficient (Wildman–Crippen LogP) is 2.58. The maximum Gasteiger partial charge on any atom is 0.251 e. The number of thioether (sulfide) groups is 1. The molecule has 1 aliphatic heterocycles. The summed E-state index contributed by atoms with van der Waals surface area (Å²) in [5.41, 5.74) is 1.14. The number of hydrogen-bond acceptors (Lipinski definition) is 3. The molecule has 0 spiro atoms. The highest BCUT2D eigenvalue weighted by Crippen LogP contribution is 2.13. The van der Waals surface area contributed by atoms with Gasteiger partial charge in [-0.05, 0) is 35.9 Å². The van der Waals surface area contributed by atoms with E-state index in [1.165, 1.54) is 0 Å². The Morgan fingerprint density at radius 3 is 2.85 bits per heavy atom. The van der Waals surface area contributed by atoms with Crippen molar-refractivity contribution in [1.29, 1.82) is 0 Å². The van der Waals surface area contributed by atoms with Gasteiger partial charge in [-0.2, -0.15) is 0 Å². The Morgan fingerprint density at radius 2 is 2.15 bits per heavy atom. The minimum absolute atomic E-state index is 0.0800. The highest BCUT2D eigenvalue weighted by atomic mass is 32.2. The van der Waals surface area contributed by atoms with Crippen LogP contribution in [0, 0.1) is 0 Å². The minimum atomic E-state index is -0.227. The number of nitrogens with zero attached hydrogens (tertiary/aromatic N) is 1. The molecule has 1 amide bonds. The van der Waals surface area contributed by atoms with E-state index >= 15 is 0 Å². The molecule has 0 saturated carbocycles. The molecule has 0 aliphatic carbocycles. The van der Waals surface area contributed by atoms with Crippen molar-refractivity contribution in [3.05, 3.63) is 47.4 Å². The van der Waals surface area contributed by atoms with Crippen molar-refractivity contribution in [2.45, 2.75) is 18.9 Å². The van der Waals surface area contributed by atoms with Crippen LogP contribution in [-0.4, -0.2) is 34.8 Å². The zero-order valence-corrected chi connectivity index (χ0v) is 13.0. The van der Waals surface area contributed by atoms with Crippen molar-refractivity contribution in [3.8, 4) is 0 Å². The molecule has 1 atom stereocenters. The first-order valence-electron chi connectivity index (χ1n) is 6.56. The molecule has 2 rings (SSSR count). The van der Waals surface area contributed by atoms with Crippen molar-refractivity contribution in [2.75, 3.05) is 12.8 Å². The maximum absolute atomic E-state index is 12.3. The van der Waals surface area contributed by atoms with Gasteiger partial charge in [0.25, 0.3) is 5.91 Å². The molecule has 0 radical (unpaired) electrons. The van der Waals surface area contributed by atoms with Gasteiger partial charge in [0.15, 0.2) is 5.11 Å². The second kappa shape index (κ2) is 7.45. The smallest absolute Gasteiger partial charge is 0.251 e. The molecular formula is C15H18N2OS2. The lowest BCUT2D eigenvalue weighted by Crippen LogP contribution is -2.32. The first kappa shape index (κ1) is 15.1. The summed E-state index contributed by atoms with van der Waals surface area (Å²) in [5.74, 6) is 0.0800. The molecule has 1 aromatic rings. The average Bonchev–Trinajstić information content (AvgIpc) is 2.72. The van der Waals surface area contributed by atoms with E-state index in [9.17, 15) is 4.79 Å². The molecule has 1 heterocycles. The molecule has 1 saturated heterocycles.